The van der Waals surface area contributed by atoms with E-state index < -0.39 is 0 Å². The second-order valence-electron chi connectivity index (χ2n) is 4.91. The molecule has 0 aromatic heterocycles. The molecule has 0 saturated heterocycles. The molecule has 1 fully saturated rings. The summed E-state index contributed by atoms with van der Waals surface area (Å²) in [6, 6.07) is 0. The van der Waals surface area contributed by atoms with Crippen LogP contribution in [0.2, 0.25) is 0 Å². The lowest BCUT2D eigenvalue weighted by molar-refractivity contribution is -0.136. The minimum absolute atomic E-state index is 0.00777. The zero-order chi connectivity index (χ0) is 13.0. The van der Waals surface area contributed by atoms with Crippen molar-refractivity contribution in [2.45, 2.75) is 25.7 Å². The summed E-state index contributed by atoms with van der Waals surface area (Å²) in [5.41, 5.74) is 1.87. The zero-order valence-corrected chi connectivity index (χ0v) is 11.0. The van der Waals surface area contributed by atoms with Crippen LogP contribution >= 0.6 is 0 Å². The molecule has 0 radical (unpaired) electrons. The van der Waals surface area contributed by atoms with E-state index in [0.717, 1.165) is 12.3 Å². The maximum absolute atomic E-state index is 11.6. The number of ether oxygens (including phenoxy) is 2. The number of rotatable bonds is 6. The second-order valence-corrected chi connectivity index (χ2v) is 4.91. The van der Waals surface area contributed by atoms with Crippen LogP contribution in [0.5, 0.6) is 0 Å². The van der Waals surface area contributed by atoms with Crippen LogP contribution in [-0.2, 0) is 14.3 Å². The van der Waals surface area contributed by atoms with E-state index in [9.17, 15) is 4.79 Å². The summed E-state index contributed by atoms with van der Waals surface area (Å²) < 4.78 is 9.73. The van der Waals surface area contributed by atoms with E-state index in [4.69, 9.17) is 9.47 Å². The molecule has 0 heterocycles. The van der Waals surface area contributed by atoms with E-state index in [2.05, 4.69) is 12.2 Å². The smallest absolute Gasteiger partial charge is 0.337 e. The van der Waals surface area contributed by atoms with Crippen LogP contribution < -0.4 is 0 Å². The molecule has 18 heavy (non-hydrogen) atoms. The summed E-state index contributed by atoms with van der Waals surface area (Å²) in [5, 5.41) is 0. The third kappa shape index (κ3) is 3.25. The third-order valence-corrected chi connectivity index (χ3v) is 3.47. The van der Waals surface area contributed by atoms with Crippen LogP contribution in [0.15, 0.2) is 35.6 Å². The highest BCUT2D eigenvalue weighted by Gasteiger charge is 2.24. The Morgan fingerprint density at radius 1 is 1.44 bits per heavy atom. The first-order valence-corrected chi connectivity index (χ1v) is 6.44. The van der Waals surface area contributed by atoms with E-state index in [1.807, 2.05) is 6.08 Å². The minimum Gasteiger partial charge on any atom is -0.504 e. The summed E-state index contributed by atoms with van der Waals surface area (Å²) in [7, 11) is 2.93. The molecule has 0 amide bonds. The first kappa shape index (κ1) is 12.9. The van der Waals surface area contributed by atoms with Gasteiger partial charge < -0.3 is 9.47 Å². The molecule has 0 aromatic rings. The molecule has 3 nitrogen and oxygen atoms in total. The number of carbonyl (C=O) groups excluding carboxylic acids is 1. The molecule has 2 aliphatic rings. The number of esters is 1. The highest BCUT2D eigenvalue weighted by atomic mass is 16.5. The number of allylic oxidation sites excluding steroid dienone is 4. The molecule has 0 N–H and O–H groups in total. The molecule has 0 bridgehead atoms. The molecule has 0 spiro atoms. The van der Waals surface area contributed by atoms with E-state index in [1.165, 1.54) is 38.2 Å². The van der Waals surface area contributed by atoms with Crippen molar-refractivity contribution >= 4 is 5.97 Å². The van der Waals surface area contributed by atoms with Crippen LogP contribution in [-0.4, -0.2) is 20.2 Å². The van der Waals surface area contributed by atoms with E-state index in [0.29, 0.717) is 5.57 Å². The number of hydrogen-bond donors (Lipinski definition) is 0. The van der Waals surface area contributed by atoms with Gasteiger partial charge in [0.15, 0.2) is 0 Å². The fourth-order valence-corrected chi connectivity index (χ4v) is 2.21. The normalized spacial score (nSPS) is 22.9. The summed E-state index contributed by atoms with van der Waals surface area (Å²) >= 11 is 0. The summed E-state index contributed by atoms with van der Waals surface area (Å²) in [5.74, 6) is 0.603. The van der Waals surface area contributed by atoms with Crippen LogP contribution in [0, 0.1) is 11.8 Å². The fraction of sp³-hybridized carbons (Fsp3) is 0.533. The first-order chi connectivity index (χ1) is 8.74. The van der Waals surface area contributed by atoms with Gasteiger partial charge >= 0.3 is 5.97 Å². The predicted octanol–water partition coefficient (Wildman–Crippen LogP) is 2.99. The molecule has 98 valence electrons. The lowest BCUT2D eigenvalue weighted by Gasteiger charge is -2.08. The van der Waals surface area contributed by atoms with Gasteiger partial charge in [0.05, 0.1) is 26.1 Å². The molecule has 3 heteroatoms. The fourth-order valence-electron chi connectivity index (χ4n) is 2.21. The van der Waals surface area contributed by atoms with Crippen LogP contribution in [0.1, 0.15) is 25.7 Å². The second kappa shape index (κ2) is 5.89. The average molecular weight is 248 g/mol. The van der Waals surface area contributed by atoms with Crippen molar-refractivity contribution < 1.29 is 14.3 Å². The highest BCUT2D eigenvalue weighted by molar-refractivity contribution is 5.89. The van der Waals surface area contributed by atoms with Gasteiger partial charge in [-0.1, -0.05) is 36.6 Å². The van der Waals surface area contributed by atoms with Crippen molar-refractivity contribution in [3.8, 4) is 0 Å². The quantitative estimate of drug-likeness (QED) is 0.412. The van der Waals surface area contributed by atoms with Crippen molar-refractivity contribution in [1.29, 1.82) is 0 Å². The van der Waals surface area contributed by atoms with Gasteiger partial charge in [-0.15, -0.1) is 0 Å². The Balaban J connectivity index is 1.97. The monoisotopic (exact) mass is 248 g/mol. The minimum atomic E-state index is -0.328. The SMILES string of the molecule is CO/C=C(/C(=O)OC)C1C=CC(CCC2CC2)=C1. The predicted molar refractivity (Wildman–Crippen MR) is 69.8 cm³/mol. The number of methoxy groups -OCH3 is 2. The van der Waals surface area contributed by atoms with Gasteiger partial charge in [0.2, 0.25) is 0 Å². The Labute approximate surface area is 108 Å². The van der Waals surface area contributed by atoms with Crippen LogP contribution in [0.4, 0.5) is 0 Å². The molecule has 1 unspecified atom stereocenters. The van der Waals surface area contributed by atoms with Gasteiger partial charge in [0.1, 0.15) is 0 Å². The molecule has 2 aliphatic carbocycles. The van der Waals surface area contributed by atoms with Crippen LogP contribution in [0.3, 0.4) is 0 Å². The molecular weight excluding hydrogens is 228 g/mol. The number of carbonyl (C=O) groups is 1. The maximum atomic E-state index is 11.6. The number of hydrogen-bond acceptors (Lipinski definition) is 3. The highest BCUT2D eigenvalue weighted by Crippen LogP contribution is 2.36. The molecule has 2 rings (SSSR count). The summed E-state index contributed by atoms with van der Waals surface area (Å²) in [6.45, 7) is 0. The average Bonchev–Trinajstić information content (AvgIpc) is 3.10. The molecule has 0 aliphatic heterocycles. The Morgan fingerprint density at radius 3 is 2.83 bits per heavy atom. The lowest BCUT2D eigenvalue weighted by Crippen LogP contribution is -2.11. The van der Waals surface area contributed by atoms with Gasteiger partial charge in [-0.25, -0.2) is 4.79 Å². The lowest BCUT2D eigenvalue weighted by atomic mass is 10.0. The van der Waals surface area contributed by atoms with Gasteiger partial charge in [0, 0.05) is 5.92 Å². The van der Waals surface area contributed by atoms with Crippen molar-refractivity contribution in [1.82, 2.24) is 0 Å². The molecule has 1 saturated carbocycles. The van der Waals surface area contributed by atoms with Crippen molar-refractivity contribution in [3.63, 3.8) is 0 Å². The summed E-state index contributed by atoms with van der Waals surface area (Å²) in [4.78, 5) is 11.6. The Morgan fingerprint density at radius 2 is 2.22 bits per heavy atom. The van der Waals surface area contributed by atoms with E-state index in [-0.39, 0.29) is 11.9 Å². The standard InChI is InChI=1S/C15H20O3/c1-17-10-14(15(16)18-2)13-8-7-12(9-13)6-5-11-3-4-11/h7-11,13H,3-6H2,1-2H3/b14-10+. The molecular formula is C15H20O3. The van der Waals surface area contributed by atoms with Gasteiger partial charge in [-0.3, -0.25) is 0 Å². The van der Waals surface area contributed by atoms with E-state index in [1.54, 1.807) is 7.11 Å². The maximum Gasteiger partial charge on any atom is 0.337 e. The first-order valence-electron chi connectivity index (χ1n) is 6.44. The summed E-state index contributed by atoms with van der Waals surface area (Å²) in [6.07, 6.45) is 12.9. The Kier molecular flexibility index (Phi) is 4.24. The molecule has 1 atom stereocenters. The third-order valence-electron chi connectivity index (χ3n) is 3.47. The zero-order valence-electron chi connectivity index (χ0n) is 11.0. The van der Waals surface area contributed by atoms with Crippen molar-refractivity contribution in [2.75, 3.05) is 14.2 Å². The Bertz CT molecular complexity index is 400. The van der Waals surface area contributed by atoms with Gasteiger partial charge in [-0.2, -0.15) is 0 Å². The van der Waals surface area contributed by atoms with Gasteiger partial charge in [-0.05, 0) is 18.8 Å². The largest absolute Gasteiger partial charge is 0.504 e. The van der Waals surface area contributed by atoms with Crippen LogP contribution in [0.25, 0.3) is 0 Å². The van der Waals surface area contributed by atoms with Gasteiger partial charge in [0.25, 0.3) is 0 Å². The Hall–Kier alpha value is -1.51. The topological polar surface area (TPSA) is 35.5 Å². The molecule has 0 aromatic carbocycles. The van der Waals surface area contributed by atoms with Crippen molar-refractivity contribution in [3.05, 3.63) is 35.6 Å². The van der Waals surface area contributed by atoms with Crippen molar-refractivity contribution in [2.24, 2.45) is 11.8 Å². The van der Waals surface area contributed by atoms with E-state index >= 15 is 0 Å².